The van der Waals surface area contributed by atoms with Gasteiger partial charge in [0, 0.05) is 36.6 Å². The van der Waals surface area contributed by atoms with E-state index in [0.717, 1.165) is 25.3 Å². The lowest BCUT2D eigenvalue weighted by atomic mass is 10.0. The molecular formula is C21H19F3N4. The van der Waals surface area contributed by atoms with E-state index in [1.54, 1.807) is 12.1 Å². The predicted octanol–water partition coefficient (Wildman–Crippen LogP) is 4.77. The third kappa shape index (κ3) is 3.98. The molecule has 4 nitrogen and oxygen atoms in total. The van der Waals surface area contributed by atoms with Crippen LogP contribution in [0.4, 0.5) is 19.0 Å². The van der Waals surface area contributed by atoms with Gasteiger partial charge in [-0.3, -0.25) is 4.98 Å². The van der Waals surface area contributed by atoms with Crippen molar-refractivity contribution in [3.63, 3.8) is 0 Å². The van der Waals surface area contributed by atoms with E-state index in [-0.39, 0.29) is 11.9 Å². The summed E-state index contributed by atoms with van der Waals surface area (Å²) in [6.07, 6.45) is 1.13. The van der Waals surface area contributed by atoms with Crippen LogP contribution in [0, 0.1) is 0 Å². The maximum Gasteiger partial charge on any atom is 0.433 e. The fourth-order valence-corrected chi connectivity index (χ4v) is 3.59. The van der Waals surface area contributed by atoms with Crippen LogP contribution in [0.25, 0.3) is 11.4 Å². The van der Waals surface area contributed by atoms with E-state index in [0.29, 0.717) is 17.9 Å². The molecule has 0 aliphatic carbocycles. The highest BCUT2D eigenvalue weighted by Gasteiger charge is 2.35. The number of anilines is 1. The van der Waals surface area contributed by atoms with Crippen molar-refractivity contribution in [1.29, 1.82) is 0 Å². The second-order valence-corrected chi connectivity index (χ2v) is 6.85. The fourth-order valence-electron chi connectivity index (χ4n) is 3.59. The van der Waals surface area contributed by atoms with Gasteiger partial charge in [0.2, 0.25) is 0 Å². The van der Waals surface area contributed by atoms with E-state index in [9.17, 15) is 13.2 Å². The summed E-state index contributed by atoms with van der Waals surface area (Å²) in [7, 11) is 0. The predicted molar refractivity (Wildman–Crippen MR) is 101 cm³/mol. The second-order valence-electron chi connectivity index (χ2n) is 6.85. The molecule has 4 rings (SSSR count). The Balaban J connectivity index is 1.71. The Morgan fingerprint density at radius 2 is 1.75 bits per heavy atom. The molecule has 1 fully saturated rings. The molecule has 3 heterocycles. The molecule has 144 valence electrons. The van der Waals surface area contributed by atoms with Crippen molar-refractivity contribution in [3.05, 3.63) is 72.2 Å². The van der Waals surface area contributed by atoms with Crippen molar-refractivity contribution in [2.24, 2.45) is 0 Å². The van der Waals surface area contributed by atoms with Gasteiger partial charge >= 0.3 is 6.18 Å². The molecule has 1 aliphatic heterocycles. The van der Waals surface area contributed by atoms with E-state index in [1.807, 2.05) is 35.2 Å². The summed E-state index contributed by atoms with van der Waals surface area (Å²) >= 11 is 0. The first kappa shape index (κ1) is 18.4. The largest absolute Gasteiger partial charge is 0.433 e. The number of hydrogen-bond acceptors (Lipinski definition) is 4. The van der Waals surface area contributed by atoms with Crippen LogP contribution < -0.4 is 4.90 Å². The molecule has 1 saturated heterocycles. The highest BCUT2D eigenvalue weighted by Crippen LogP contribution is 2.34. The molecule has 0 amide bonds. The Morgan fingerprint density at radius 1 is 1.00 bits per heavy atom. The molecule has 28 heavy (non-hydrogen) atoms. The number of pyridine rings is 1. The fraction of sp³-hybridized carbons (Fsp3) is 0.286. The minimum Gasteiger partial charge on any atom is -0.353 e. The molecule has 0 radical (unpaired) electrons. The first-order valence-electron chi connectivity index (χ1n) is 9.18. The highest BCUT2D eigenvalue weighted by atomic mass is 19.4. The third-order valence-electron chi connectivity index (χ3n) is 4.93. The zero-order valence-corrected chi connectivity index (χ0v) is 15.1. The van der Waals surface area contributed by atoms with E-state index < -0.39 is 11.9 Å². The molecule has 1 atom stereocenters. The van der Waals surface area contributed by atoms with Crippen LogP contribution >= 0.6 is 0 Å². The minimum atomic E-state index is -4.53. The number of alkyl halides is 3. The van der Waals surface area contributed by atoms with Crippen molar-refractivity contribution in [3.8, 4) is 11.4 Å². The average Bonchev–Trinajstić information content (AvgIpc) is 3.16. The van der Waals surface area contributed by atoms with E-state index in [1.165, 1.54) is 18.0 Å². The Bertz CT molecular complexity index is 929. The van der Waals surface area contributed by atoms with Gasteiger partial charge in [0.1, 0.15) is 5.82 Å². The number of halogens is 3. The monoisotopic (exact) mass is 384 g/mol. The Kier molecular flexibility index (Phi) is 4.98. The normalized spacial score (nSPS) is 17.1. The van der Waals surface area contributed by atoms with E-state index in [4.69, 9.17) is 0 Å². The maximum atomic E-state index is 13.5. The second kappa shape index (κ2) is 7.58. The lowest BCUT2D eigenvalue weighted by molar-refractivity contribution is -0.141. The zero-order chi connectivity index (χ0) is 19.6. The molecule has 1 aliphatic rings. The molecular weight excluding hydrogens is 365 g/mol. The molecule has 0 N–H and O–H groups in total. The Labute approximate surface area is 161 Å². The van der Waals surface area contributed by atoms with Crippen LogP contribution in [-0.2, 0) is 12.6 Å². The number of hydrogen-bond donors (Lipinski definition) is 0. The first-order valence-corrected chi connectivity index (χ1v) is 9.18. The van der Waals surface area contributed by atoms with Crippen LogP contribution in [0.15, 0.2) is 60.9 Å². The lowest BCUT2D eigenvalue weighted by Crippen LogP contribution is -2.32. The maximum absolute atomic E-state index is 13.5. The molecule has 1 aromatic carbocycles. The number of aromatic nitrogens is 3. The Morgan fingerprint density at radius 3 is 2.46 bits per heavy atom. The Hall–Kier alpha value is -2.96. The summed E-state index contributed by atoms with van der Waals surface area (Å²) in [6.45, 7) is 0.682. The van der Waals surface area contributed by atoms with Crippen molar-refractivity contribution < 1.29 is 13.2 Å². The first-order chi connectivity index (χ1) is 13.5. The van der Waals surface area contributed by atoms with Gasteiger partial charge in [-0.1, -0.05) is 30.3 Å². The van der Waals surface area contributed by atoms with Gasteiger partial charge in [0.15, 0.2) is 11.5 Å². The smallest absolute Gasteiger partial charge is 0.353 e. The summed E-state index contributed by atoms with van der Waals surface area (Å²) in [4.78, 5) is 14.1. The van der Waals surface area contributed by atoms with Crippen molar-refractivity contribution in [2.45, 2.75) is 31.5 Å². The number of benzene rings is 1. The topological polar surface area (TPSA) is 41.9 Å². The summed E-state index contributed by atoms with van der Waals surface area (Å²) in [6, 6.07) is 14.4. The van der Waals surface area contributed by atoms with Gasteiger partial charge in [0.05, 0.1) is 0 Å². The third-order valence-corrected chi connectivity index (χ3v) is 4.93. The van der Waals surface area contributed by atoms with Crippen LogP contribution in [0.1, 0.15) is 24.1 Å². The molecule has 0 spiro atoms. The van der Waals surface area contributed by atoms with Crippen LogP contribution in [0.3, 0.4) is 0 Å². The molecule has 0 saturated carbocycles. The SMILES string of the molecule is FC(F)(F)c1cc(N2CCCC2Cc2ccccc2)nc(-c2ccncc2)n1. The van der Waals surface area contributed by atoms with Gasteiger partial charge in [-0.05, 0) is 37.0 Å². The van der Waals surface area contributed by atoms with Crippen molar-refractivity contribution in [1.82, 2.24) is 15.0 Å². The standard InChI is InChI=1S/C21H19F3N4/c22-21(23,24)18-14-19(27-20(26-18)16-8-10-25-11-9-16)28-12-4-7-17(28)13-15-5-2-1-3-6-15/h1-3,5-6,8-11,14,17H,4,7,12-13H2. The average molecular weight is 384 g/mol. The van der Waals surface area contributed by atoms with Crippen LogP contribution in [0.2, 0.25) is 0 Å². The lowest BCUT2D eigenvalue weighted by Gasteiger charge is -2.27. The quantitative estimate of drug-likeness (QED) is 0.650. The summed E-state index contributed by atoms with van der Waals surface area (Å²) in [5, 5.41) is 0. The van der Waals surface area contributed by atoms with Crippen LogP contribution in [-0.4, -0.2) is 27.5 Å². The molecule has 7 heteroatoms. The van der Waals surface area contributed by atoms with Gasteiger partial charge in [-0.15, -0.1) is 0 Å². The van der Waals surface area contributed by atoms with E-state index in [2.05, 4.69) is 15.0 Å². The molecule has 3 aromatic rings. The van der Waals surface area contributed by atoms with Crippen molar-refractivity contribution in [2.75, 3.05) is 11.4 Å². The molecule has 2 aromatic heterocycles. The van der Waals surface area contributed by atoms with Crippen molar-refractivity contribution >= 4 is 5.82 Å². The van der Waals surface area contributed by atoms with Gasteiger partial charge < -0.3 is 4.90 Å². The minimum absolute atomic E-state index is 0.0672. The van der Waals surface area contributed by atoms with E-state index >= 15 is 0 Å². The van der Waals surface area contributed by atoms with Gasteiger partial charge in [-0.25, -0.2) is 9.97 Å². The van der Waals surface area contributed by atoms with Gasteiger partial charge in [0.25, 0.3) is 0 Å². The molecule has 0 bridgehead atoms. The number of rotatable bonds is 4. The summed E-state index contributed by atoms with van der Waals surface area (Å²) < 4.78 is 40.4. The highest BCUT2D eigenvalue weighted by molar-refractivity contribution is 5.58. The zero-order valence-electron chi connectivity index (χ0n) is 15.1. The number of nitrogens with zero attached hydrogens (tertiary/aromatic N) is 4. The summed E-state index contributed by atoms with van der Waals surface area (Å²) in [5.41, 5.74) is 0.759. The summed E-state index contributed by atoms with van der Waals surface area (Å²) in [5.74, 6) is 0.394. The van der Waals surface area contributed by atoms with Gasteiger partial charge in [-0.2, -0.15) is 13.2 Å². The molecule has 1 unspecified atom stereocenters. The van der Waals surface area contributed by atoms with Crippen LogP contribution in [0.5, 0.6) is 0 Å².